The number of rotatable bonds is 2. The summed E-state index contributed by atoms with van der Waals surface area (Å²) in [6.07, 6.45) is 10.1. The molecule has 0 aromatic heterocycles. The molecular formula is C14H24N2. The van der Waals surface area contributed by atoms with E-state index in [1.165, 1.54) is 58.0 Å². The van der Waals surface area contributed by atoms with Crippen LogP contribution in [0.15, 0.2) is 0 Å². The average Bonchev–Trinajstić information content (AvgIpc) is 2.31. The van der Waals surface area contributed by atoms with Crippen LogP contribution >= 0.6 is 0 Å². The number of hydrogen-bond donors (Lipinski definition) is 0. The highest BCUT2D eigenvalue weighted by atomic mass is 15.2. The van der Waals surface area contributed by atoms with Crippen LogP contribution in [0.3, 0.4) is 0 Å². The van der Waals surface area contributed by atoms with Crippen LogP contribution in [0.2, 0.25) is 0 Å². The van der Waals surface area contributed by atoms with Gasteiger partial charge in [0.25, 0.3) is 0 Å². The van der Waals surface area contributed by atoms with Crippen LogP contribution in [-0.4, -0.2) is 24.0 Å². The lowest BCUT2D eigenvalue weighted by Gasteiger charge is -2.42. The van der Waals surface area contributed by atoms with Crippen LogP contribution in [0.1, 0.15) is 58.3 Å². The first-order valence-electron chi connectivity index (χ1n) is 6.84. The molecule has 16 heavy (non-hydrogen) atoms. The average molecular weight is 220 g/mol. The summed E-state index contributed by atoms with van der Waals surface area (Å²) in [6.45, 7) is 4.93. The lowest BCUT2D eigenvalue weighted by molar-refractivity contribution is 0.0852. The zero-order valence-electron chi connectivity index (χ0n) is 10.5. The fourth-order valence-corrected chi connectivity index (χ4v) is 3.32. The monoisotopic (exact) mass is 220 g/mol. The Bertz CT molecular complexity index is 252. The molecule has 90 valence electrons. The molecule has 2 fully saturated rings. The molecule has 2 rings (SSSR count). The molecule has 0 bridgehead atoms. The maximum Gasteiger partial charge on any atom is 0.0627 e. The van der Waals surface area contributed by atoms with E-state index in [0.717, 1.165) is 12.5 Å². The molecule has 0 unspecified atom stereocenters. The van der Waals surface area contributed by atoms with Crippen molar-refractivity contribution < 1.29 is 0 Å². The number of nitrogens with zero attached hydrogens (tertiary/aromatic N) is 2. The molecule has 0 N–H and O–H groups in total. The van der Waals surface area contributed by atoms with Crippen LogP contribution < -0.4 is 0 Å². The Morgan fingerprint density at radius 1 is 1.19 bits per heavy atom. The van der Waals surface area contributed by atoms with E-state index < -0.39 is 0 Å². The summed E-state index contributed by atoms with van der Waals surface area (Å²) in [4.78, 5) is 2.70. The van der Waals surface area contributed by atoms with Gasteiger partial charge in [0.2, 0.25) is 0 Å². The van der Waals surface area contributed by atoms with Gasteiger partial charge in [-0.1, -0.05) is 13.3 Å². The van der Waals surface area contributed by atoms with E-state index in [0.29, 0.717) is 5.41 Å². The molecule has 2 heteroatoms. The van der Waals surface area contributed by atoms with E-state index in [4.69, 9.17) is 5.26 Å². The fourth-order valence-electron chi connectivity index (χ4n) is 3.32. The molecule has 1 saturated carbocycles. The van der Waals surface area contributed by atoms with Gasteiger partial charge in [0.1, 0.15) is 0 Å². The number of nitriles is 1. The van der Waals surface area contributed by atoms with Gasteiger partial charge < -0.3 is 4.90 Å². The summed E-state index contributed by atoms with van der Waals surface area (Å²) in [5.41, 5.74) is 0.320. The van der Waals surface area contributed by atoms with Crippen molar-refractivity contribution in [2.75, 3.05) is 13.1 Å². The van der Waals surface area contributed by atoms with Crippen molar-refractivity contribution in [3.05, 3.63) is 0 Å². The SMILES string of the molecule is C[C@]1(CC#N)CC[C@@H](N2CCCCC2)CC1. The van der Waals surface area contributed by atoms with E-state index in [1.54, 1.807) is 0 Å². The largest absolute Gasteiger partial charge is 0.300 e. The predicted octanol–water partition coefficient (Wildman–Crippen LogP) is 3.33. The second-order valence-corrected chi connectivity index (χ2v) is 5.97. The molecule has 2 aliphatic rings. The highest BCUT2D eigenvalue weighted by Gasteiger charge is 2.33. The maximum absolute atomic E-state index is 8.84. The van der Waals surface area contributed by atoms with E-state index >= 15 is 0 Å². The van der Waals surface area contributed by atoms with Gasteiger partial charge in [-0.15, -0.1) is 0 Å². The van der Waals surface area contributed by atoms with Crippen LogP contribution in [0.5, 0.6) is 0 Å². The molecule has 0 aromatic rings. The van der Waals surface area contributed by atoms with Crippen molar-refractivity contribution in [3.63, 3.8) is 0 Å². The van der Waals surface area contributed by atoms with Gasteiger partial charge in [0.15, 0.2) is 0 Å². The second-order valence-electron chi connectivity index (χ2n) is 5.97. The van der Waals surface area contributed by atoms with Gasteiger partial charge in [-0.05, 0) is 57.0 Å². The van der Waals surface area contributed by atoms with E-state index in [9.17, 15) is 0 Å². The summed E-state index contributed by atoms with van der Waals surface area (Å²) < 4.78 is 0. The summed E-state index contributed by atoms with van der Waals surface area (Å²) in [5, 5.41) is 8.84. The molecular weight excluding hydrogens is 196 g/mol. The van der Waals surface area contributed by atoms with Gasteiger partial charge in [0, 0.05) is 12.5 Å². The molecule has 1 aliphatic heterocycles. The first kappa shape index (κ1) is 11.9. The van der Waals surface area contributed by atoms with Crippen LogP contribution in [0, 0.1) is 16.7 Å². The lowest BCUT2D eigenvalue weighted by Crippen LogP contribution is -2.42. The number of likely N-dealkylation sites (tertiary alicyclic amines) is 1. The van der Waals surface area contributed by atoms with Gasteiger partial charge in [-0.25, -0.2) is 0 Å². The predicted molar refractivity (Wildman–Crippen MR) is 66.0 cm³/mol. The molecule has 1 saturated heterocycles. The first-order chi connectivity index (χ1) is 7.73. The minimum Gasteiger partial charge on any atom is -0.300 e. The van der Waals surface area contributed by atoms with Crippen LogP contribution in [0.25, 0.3) is 0 Å². The Morgan fingerprint density at radius 2 is 1.81 bits per heavy atom. The number of piperidine rings is 1. The number of hydrogen-bond acceptors (Lipinski definition) is 2. The van der Waals surface area contributed by atoms with Crippen molar-refractivity contribution in [2.24, 2.45) is 5.41 Å². The van der Waals surface area contributed by atoms with Crippen molar-refractivity contribution >= 4 is 0 Å². The first-order valence-corrected chi connectivity index (χ1v) is 6.84. The summed E-state index contributed by atoms with van der Waals surface area (Å²) in [5.74, 6) is 0. The Balaban J connectivity index is 1.82. The van der Waals surface area contributed by atoms with Gasteiger partial charge in [0.05, 0.1) is 6.07 Å². The van der Waals surface area contributed by atoms with E-state index in [2.05, 4.69) is 17.9 Å². The minimum atomic E-state index is 0.320. The van der Waals surface area contributed by atoms with Crippen molar-refractivity contribution in [3.8, 4) is 6.07 Å². The zero-order valence-corrected chi connectivity index (χ0v) is 10.5. The minimum absolute atomic E-state index is 0.320. The van der Waals surface area contributed by atoms with Gasteiger partial charge >= 0.3 is 0 Å². The van der Waals surface area contributed by atoms with Crippen LogP contribution in [0.4, 0.5) is 0 Å². The molecule has 1 heterocycles. The van der Waals surface area contributed by atoms with Gasteiger partial charge in [-0.3, -0.25) is 0 Å². The topological polar surface area (TPSA) is 27.0 Å². The molecule has 2 nitrogen and oxygen atoms in total. The van der Waals surface area contributed by atoms with E-state index in [1.807, 2.05) is 0 Å². The van der Waals surface area contributed by atoms with Crippen LogP contribution in [-0.2, 0) is 0 Å². The Kier molecular flexibility index (Phi) is 3.86. The molecule has 0 amide bonds. The lowest BCUT2D eigenvalue weighted by atomic mass is 9.72. The second kappa shape index (κ2) is 5.19. The maximum atomic E-state index is 8.84. The fraction of sp³-hybridized carbons (Fsp3) is 0.929. The molecule has 0 radical (unpaired) electrons. The normalized spacial score (nSPS) is 36.9. The van der Waals surface area contributed by atoms with Crippen molar-refractivity contribution in [1.29, 1.82) is 5.26 Å². The van der Waals surface area contributed by atoms with Crippen molar-refractivity contribution in [1.82, 2.24) is 4.90 Å². The summed E-state index contributed by atoms with van der Waals surface area (Å²) >= 11 is 0. The van der Waals surface area contributed by atoms with Crippen molar-refractivity contribution in [2.45, 2.75) is 64.3 Å². The van der Waals surface area contributed by atoms with Gasteiger partial charge in [-0.2, -0.15) is 5.26 Å². The highest BCUT2D eigenvalue weighted by molar-refractivity contribution is 4.92. The Morgan fingerprint density at radius 3 is 2.38 bits per heavy atom. The third-order valence-electron chi connectivity index (χ3n) is 4.58. The third kappa shape index (κ3) is 2.77. The standard InChI is InChI=1S/C14H24N2/c1-14(9-10-15)7-5-13(6-8-14)16-11-3-2-4-12-16/h13H,2-9,11-12H2,1H3/t13-,14+. The highest BCUT2D eigenvalue weighted by Crippen LogP contribution is 2.40. The quantitative estimate of drug-likeness (QED) is 0.713. The molecule has 0 spiro atoms. The molecule has 0 atom stereocenters. The molecule has 1 aliphatic carbocycles. The summed E-state index contributed by atoms with van der Waals surface area (Å²) in [7, 11) is 0. The summed E-state index contributed by atoms with van der Waals surface area (Å²) in [6, 6.07) is 3.18. The third-order valence-corrected chi connectivity index (χ3v) is 4.58. The van der Waals surface area contributed by atoms with E-state index in [-0.39, 0.29) is 0 Å². The smallest absolute Gasteiger partial charge is 0.0627 e. The molecule has 0 aromatic carbocycles. The Hall–Kier alpha value is -0.550. The zero-order chi connectivity index (χ0) is 11.4. The Labute approximate surface area is 99.6 Å².